The van der Waals surface area contributed by atoms with E-state index in [1.165, 1.54) is 43.5 Å². The first-order chi connectivity index (χ1) is 11.3. The first-order valence-corrected chi connectivity index (χ1v) is 8.74. The molecule has 0 spiro atoms. The number of benzene rings is 1. The molecular formula is C17H24N5O-. The van der Waals surface area contributed by atoms with Crippen molar-refractivity contribution in [1.82, 2.24) is 10.3 Å². The van der Waals surface area contributed by atoms with Crippen LogP contribution in [0.25, 0.3) is 0 Å². The Morgan fingerprint density at radius 2 is 1.96 bits per heavy atom. The average molecular weight is 314 g/mol. The van der Waals surface area contributed by atoms with Crippen molar-refractivity contribution in [3.63, 3.8) is 0 Å². The monoisotopic (exact) mass is 314 g/mol. The van der Waals surface area contributed by atoms with Gasteiger partial charge in [-0.2, -0.15) is 0 Å². The maximum Gasteiger partial charge on any atom is 0.214 e. The molecule has 1 fully saturated rings. The van der Waals surface area contributed by atoms with Crippen molar-refractivity contribution in [2.45, 2.75) is 38.5 Å². The minimum Gasteiger partial charge on any atom is -0.739 e. The fraction of sp³-hybridized carbons (Fsp3) is 0.588. The second kappa shape index (κ2) is 6.37. The summed E-state index contributed by atoms with van der Waals surface area (Å²) in [4.78, 5) is 6.98. The topological polar surface area (TPSA) is 66.0 Å². The molecule has 2 N–H and O–H groups in total. The lowest BCUT2D eigenvalue weighted by atomic mass is 10.1. The molecule has 0 amide bonds. The molecule has 1 aliphatic carbocycles. The lowest BCUT2D eigenvalue weighted by Crippen LogP contribution is -2.47. The predicted molar refractivity (Wildman–Crippen MR) is 93.7 cm³/mol. The molecule has 4 rings (SSSR count). The third-order valence-corrected chi connectivity index (χ3v) is 5.05. The van der Waals surface area contributed by atoms with Crippen LogP contribution in [-0.4, -0.2) is 37.0 Å². The van der Waals surface area contributed by atoms with E-state index >= 15 is 0 Å². The summed E-state index contributed by atoms with van der Waals surface area (Å²) < 4.78 is 0. The zero-order valence-corrected chi connectivity index (χ0v) is 13.5. The van der Waals surface area contributed by atoms with Gasteiger partial charge in [0.25, 0.3) is 0 Å². The molecule has 1 aromatic rings. The maximum absolute atomic E-state index is 12.4. The molecule has 0 saturated carbocycles. The molecular weight excluding hydrogens is 290 g/mol. The standard InChI is InChI=1S/C17H24N5O/c23-22-16-14-6-4-5-13(14)7-8-15(16)19-17(20-22)18-9-12-21-10-2-1-3-11-21/h7-8H,1-6,9-12H2,(H2,18,19,20)/q-1. The molecule has 2 aliphatic heterocycles. The first kappa shape index (κ1) is 14.8. The van der Waals surface area contributed by atoms with E-state index < -0.39 is 0 Å². The van der Waals surface area contributed by atoms with E-state index in [1.807, 2.05) is 6.07 Å². The number of fused-ring (bicyclic) bond motifs is 3. The van der Waals surface area contributed by atoms with Crippen LogP contribution < -0.4 is 15.9 Å². The largest absolute Gasteiger partial charge is 0.739 e. The highest BCUT2D eigenvalue weighted by atomic mass is 16.5. The molecule has 1 saturated heterocycles. The molecule has 23 heavy (non-hydrogen) atoms. The summed E-state index contributed by atoms with van der Waals surface area (Å²) in [6.45, 7) is 4.02. The minimum atomic E-state index is 0.558. The van der Waals surface area contributed by atoms with Crippen LogP contribution in [0.4, 0.5) is 11.4 Å². The van der Waals surface area contributed by atoms with Crippen molar-refractivity contribution in [3.05, 3.63) is 28.5 Å². The van der Waals surface area contributed by atoms with Crippen LogP contribution in [0.5, 0.6) is 0 Å². The highest BCUT2D eigenvalue weighted by Gasteiger charge is 2.23. The highest BCUT2D eigenvalue weighted by molar-refractivity contribution is 6.02. The van der Waals surface area contributed by atoms with Crippen LogP contribution in [-0.2, 0) is 12.8 Å². The van der Waals surface area contributed by atoms with E-state index in [9.17, 15) is 5.21 Å². The van der Waals surface area contributed by atoms with Crippen molar-refractivity contribution >= 4 is 17.3 Å². The van der Waals surface area contributed by atoms with E-state index in [2.05, 4.69) is 26.7 Å². The zero-order chi connectivity index (χ0) is 15.6. The van der Waals surface area contributed by atoms with Crippen LogP contribution >= 0.6 is 0 Å². The minimum absolute atomic E-state index is 0.558. The number of aliphatic imine (C=N–C) groups is 1. The van der Waals surface area contributed by atoms with Crippen molar-refractivity contribution in [2.24, 2.45) is 4.99 Å². The number of hydrazine groups is 1. The Balaban J connectivity index is 1.43. The summed E-state index contributed by atoms with van der Waals surface area (Å²) in [6, 6.07) is 4.14. The molecule has 0 radical (unpaired) electrons. The number of likely N-dealkylation sites (tertiary alicyclic amines) is 1. The van der Waals surface area contributed by atoms with Gasteiger partial charge in [0.15, 0.2) is 0 Å². The van der Waals surface area contributed by atoms with Crippen LogP contribution in [0, 0.1) is 5.21 Å². The van der Waals surface area contributed by atoms with Crippen molar-refractivity contribution in [3.8, 4) is 0 Å². The molecule has 1 aromatic carbocycles. The number of piperidine rings is 1. The first-order valence-electron chi connectivity index (χ1n) is 8.74. The summed E-state index contributed by atoms with van der Waals surface area (Å²) in [5, 5.41) is 16.6. The molecule has 0 unspecified atom stereocenters. The second-order valence-electron chi connectivity index (χ2n) is 6.62. The summed E-state index contributed by atoms with van der Waals surface area (Å²) >= 11 is 0. The number of nitrogens with zero attached hydrogens (tertiary/aromatic N) is 3. The van der Waals surface area contributed by atoms with Crippen LogP contribution in [0.3, 0.4) is 0 Å². The zero-order valence-electron chi connectivity index (χ0n) is 13.5. The smallest absolute Gasteiger partial charge is 0.214 e. The van der Waals surface area contributed by atoms with Crippen molar-refractivity contribution < 1.29 is 0 Å². The second-order valence-corrected chi connectivity index (χ2v) is 6.62. The summed E-state index contributed by atoms with van der Waals surface area (Å²) in [7, 11) is 0. The van der Waals surface area contributed by atoms with E-state index in [4.69, 9.17) is 0 Å². The van der Waals surface area contributed by atoms with Crippen LogP contribution in [0.2, 0.25) is 0 Å². The Morgan fingerprint density at radius 1 is 1.09 bits per heavy atom. The van der Waals surface area contributed by atoms with Gasteiger partial charge in [0.05, 0.1) is 17.9 Å². The van der Waals surface area contributed by atoms with Crippen LogP contribution in [0.15, 0.2) is 17.1 Å². The Labute approximate surface area is 137 Å². The number of aryl methyl sites for hydroxylation is 1. The van der Waals surface area contributed by atoms with E-state index in [0.717, 1.165) is 42.4 Å². The average Bonchev–Trinajstić information content (AvgIpc) is 3.04. The van der Waals surface area contributed by atoms with Gasteiger partial charge in [-0.15, -0.1) is 0 Å². The van der Waals surface area contributed by atoms with Crippen molar-refractivity contribution in [2.75, 3.05) is 36.7 Å². The lowest BCUT2D eigenvalue weighted by Gasteiger charge is -2.39. The number of anilines is 2. The fourth-order valence-electron chi connectivity index (χ4n) is 3.85. The Hall–Kier alpha value is -1.79. The third kappa shape index (κ3) is 3.01. The lowest BCUT2D eigenvalue weighted by molar-refractivity contribution is 0.235. The van der Waals surface area contributed by atoms with Gasteiger partial charge in [-0.05, 0) is 62.4 Å². The van der Waals surface area contributed by atoms with E-state index in [0.29, 0.717) is 12.5 Å². The van der Waals surface area contributed by atoms with Gasteiger partial charge >= 0.3 is 0 Å². The number of guanidine groups is 1. The molecule has 0 bridgehead atoms. The quantitative estimate of drug-likeness (QED) is 0.896. The van der Waals surface area contributed by atoms with Gasteiger partial charge in [-0.3, -0.25) is 10.4 Å². The fourth-order valence-corrected chi connectivity index (χ4v) is 3.85. The highest BCUT2D eigenvalue weighted by Crippen LogP contribution is 2.38. The van der Waals surface area contributed by atoms with Crippen molar-refractivity contribution in [1.29, 1.82) is 0 Å². The molecule has 124 valence electrons. The van der Waals surface area contributed by atoms with E-state index in [-0.39, 0.29) is 0 Å². The Kier molecular flexibility index (Phi) is 4.10. The molecule has 0 atom stereocenters. The Morgan fingerprint density at radius 3 is 2.83 bits per heavy atom. The third-order valence-electron chi connectivity index (χ3n) is 5.05. The van der Waals surface area contributed by atoms with Gasteiger partial charge in [0.2, 0.25) is 5.96 Å². The van der Waals surface area contributed by atoms with Gasteiger partial charge in [0, 0.05) is 6.54 Å². The van der Waals surface area contributed by atoms with E-state index in [1.54, 1.807) is 0 Å². The van der Waals surface area contributed by atoms with Gasteiger partial charge in [-0.25, -0.2) is 0 Å². The summed E-state index contributed by atoms with van der Waals surface area (Å²) in [5.41, 5.74) is 6.94. The molecule has 6 heteroatoms. The van der Waals surface area contributed by atoms with Gasteiger partial charge in [0.1, 0.15) is 0 Å². The summed E-state index contributed by atoms with van der Waals surface area (Å²) in [5.74, 6) is 0.558. The normalized spacial score (nSPS) is 22.5. The molecule has 3 aliphatic rings. The van der Waals surface area contributed by atoms with Gasteiger partial charge < -0.3 is 20.6 Å². The summed E-state index contributed by atoms with van der Waals surface area (Å²) in [6.07, 6.45) is 7.13. The number of nitrogens with one attached hydrogen (secondary N) is 2. The SMILES string of the molecule is [O-]N1NC(=NCCN2CCCCC2)Nc2ccc3c(c21)CCC3. The Bertz CT molecular complexity index is 609. The number of hydrogen-bond acceptors (Lipinski definition) is 4. The molecule has 6 nitrogen and oxygen atoms in total. The number of hydrogen-bond donors (Lipinski definition) is 2. The number of rotatable bonds is 3. The van der Waals surface area contributed by atoms with Gasteiger partial charge in [-0.1, -0.05) is 12.5 Å². The molecule has 0 aromatic heterocycles. The predicted octanol–water partition coefficient (Wildman–Crippen LogP) is 2.25. The molecule has 2 heterocycles. The maximum atomic E-state index is 12.4. The van der Waals surface area contributed by atoms with Crippen LogP contribution in [0.1, 0.15) is 36.8 Å².